The van der Waals surface area contributed by atoms with Crippen LogP contribution >= 0.6 is 0 Å². The number of nitrogens with zero attached hydrogens (tertiary/aromatic N) is 2. The number of anilines is 1. The molecule has 6 heteroatoms. The number of aryl methyl sites for hydroxylation is 2. The maximum atomic E-state index is 12.7. The van der Waals surface area contributed by atoms with Crippen LogP contribution in [0.1, 0.15) is 17.0 Å². The highest BCUT2D eigenvalue weighted by atomic mass is 16.2. The zero-order valence-electron chi connectivity index (χ0n) is 13.7. The summed E-state index contributed by atoms with van der Waals surface area (Å²) in [5, 5.41) is 2.22. The molecule has 0 aliphatic carbocycles. The summed E-state index contributed by atoms with van der Waals surface area (Å²) in [5.41, 5.74) is 2.98. The maximum absolute atomic E-state index is 12.7. The first kappa shape index (κ1) is 15.7. The van der Waals surface area contributed by atoms with Crippen molar-refractivity contribution in [2.24, 2.45) is 7.05 Å². The van der Waals surface area contributed by atoms with Crippen molar-refractivity contribution in [1.82, 2.24) is 9.88 Å². The number of rotatable bonds is 2. The van der Waals surface area contributed by atoms with Crippen LogP contribution in [0.4, 0.5) is 10.5 Å². The van der Waals surface area contributed by atoms with E-state index in [1.165, 1.54) is 6.08 Å². The van der Waals surface area contributed by atoms with Crippen LogP contribution in [-0.2, 0) is 16.6 Å². The van der Waals surface area contributed by atoms with Crippen LogP contribution in [0.25, 0.3) is 6.08 Å². The lowest BCUT2D eigenvalue weighted by atomic mass is 10.1. The van der Waals surface area contributed by atoms with E-state index in [2.05, 4.69) is 5.32 Å². The Morgan fingerprint density at radius 2 is 1.79 bits per heavy atom. The van der Waals surface area contributed by atoms with Crippen molar-refractivity contribution in [1.29, 1.82) is 0 Å². The van der Waals surface area contributed by atoms with E-state index in [1.54, 1.807) is 18.2 Å². The van der Waals surface area contributed by atoms with Crippen LogP contribution in [0.3, 0.4) is 0 Å². The van der Waals surface area contributed by atoms with Gasteiger partial charge in [-0.2, -0.15) is 0 Å². The fraction of sp³-hybridized carbons (Fsp3) is 0.167. The number of nitrogens with one attached hydrogen (secondary N) is 1. The lowest BCUT2D eigenvalue weighted by molar-refractivity contribution is -0.122. The lowest BCUT2D eigenvalue weighted by Crippen LogP contribution is -2.54. The molecule has 0 radical (unpaired) electrons. The van der Waals surface area contributed by atoms with Gasteiger partial charge in [-0.25, -0.2) is 9.69 Å². The van der Waals surface area contributed by atoms with E-state index < -0.39 is 17.8 Å². The predicted molar refractivity (Wildman–Crippen MR) is 90.3 cm³/mol. The second-order valence-corrected chi connectivity index (χ2v) is 5.76. The topological polar surface area (TPSA) is 71.4 Å². The number of hydrogen-bond donors (Lipinski definition) is 1. The first-order valence-electron chi connectivity index (χ1n) is 7.49. The molecule has 1 aromatic carbocycles. The minimum absolute atomic E-state index is 0.0719. The van der Waals surface area contributed by atoms with E-state index in [4.69, 9.17) is 0 Å². The smallest absolute Gasteiger partial charge is 0.335 e. The van der Waals surface area contributed by atoms with Crippen molar-refractivity contribution in [2.75, 3.05) is 4.90 Å². The molecule has 24 heavy (non-hydrogen) atoms. The van der Waals surface area contributed by atoms with Gasteiger partial charge in [-0.05, 0) is 49.8 Å². The fourth-order valence-corrected chi connectivity index (χ4v) is 2.59. The summed E-state index contributed by atoms with van der Waals surface area (Å²) < 4.78 is 1.86. The molecular weight excluding hydrogens is 306 g/mol. The van der Waals surface area contributed by atoms with Crippen LogP contribution in [0.15, 0.2) is 42.0 Å². The second-order valence-electron chi connectivity index (χ2n) is 5.76. The highest BCUT2D eigenvalue weighted by Gasteiger charge is 2.36. The third-order valence-corrected chi connectivity index (χ3v) is 4.07. The van der Waals surface area contributed by atoms with Crippen molar-refractivity contribution in [3.05, 3.63) is 58.9 Å². The Kier molecular flexibility index (Phi) is 3.81. The summed E-state index contributed by atoms with van der Waals surface area (Å²) in [5.74, 6) is -1.32. The predicted octanol–water partition coefficient (Wildman–Crippen LogP) is 2.31. The third kappa shape index (κ3) is 2.62. The SMILES string of the molecule is Cc1cccc(N2C(=O)NC(=O)/C(=C\c3ccc(C)n3C)C2=O)c1. The first-order valence-corrected chi connectivity index (χ1v) is 7.49. The van der Waals surface area contributed by atoms with Crippen LogP contribution < -0.4 is 10.2 Å². The molecule has 0 unspecified atom stereocenters. The molecular formula is C18H17N3O3. The van der Waals surface area contributed by atoms with Gasteiger partial charge in [0.05, 0.1) is 5.69 Å². The summed E-state index contributed by atoms with van der Waals surface area (Å²) in [4.78, 5) is 38.0. The Balaban J connectivity index is 2.05. The highest BCUT2D eigenvalue weighted by molar-refractivity contribution is 6.39. The van der Waals surface area contributed by atoms with Gasteiger partial charge in [-0.3, -0.25) is 14.9 Å². The molecule has 4 amide bonds. The number of hydrogen-bond acceptors (Lipinski definition) is 3. The summed E-state index contributed by atoms with van der Waals surface area (Å²) in [7, 11) is 1.84. The molecule has 1 aliphatic rings. The van der Waals surface area contributed by atoms with Gasteiger partial charge in [-0.15, -0.1) is 0 Å². The average molecular weight is 323 g/mol. The Bertz CT molecular complexity index is 893. The first-order chi connectivity index (χ1) is 11.4. The quantitative estimate of drug-likeness (QED) is 0.681. The van der Waals surface area contributed by atoms with Gasteiger partial charge in [0.2, 0.25) is 0 Å². The van der Waals surface area contributed by atoms with Crippen molar-refractivity contribution in [3.63, 3.8) is 0 Å². The van der Waals surface area contributed by atoms with Gasteiger partial charge in [0.25, 0.3) is 11.8 Å². The molecule has 1 aromatic heterocycles. The number of urea groups is 1. The Morgan fingerprint density at radius 1 is 1.04 bits per heavy atom. The van der Waals surface area contributed by atoms with Gasteiger partial charge >= 0.3 is 6.03 Å². The van der Waals surface area contributed by atoms with Gasteiger partial charge in [0.1, 0.15) is 5.57 Å². The Morgan fingerprint density at radius 3 is 2.42 bits per heavy atom. The molecule has 1 saturated heterocycles. The number of benzene rings is 1. The number of amides is 4. The van der Waals surface area contributed by atoms with E-state index >= 15 is 0 Å². The largest absolute Gasteiger partial charge is 0.348 e. The van der Waals surface area contributed by atoms with E-state index in [0.717, 1.165) is 16.2 Å². The highest BCUT2D eigenvalue weighted by Crippen LogP contribution is 2.23. The van der Waals surface area contributed by atoms with Crippen molar-refractivity contribution >= 4 is 29.6 Å². The van der Waals surface area contributed by atoms with Crippen LogP contribution in [0.5, 0.6) is 0 Å². The molecule has 122 valence electrons. The van der Waals surface area contributed by atoms with Crippen LogP contribution in [0.2, 0.25) is 0 Å². The number of barbiturate groups is 1. The van der Waals surface area contributed by atoms with Gasteiger partial charge in [0.15, 0.2) is 0 Å². The van der Waals surface area contributed by atoms with E-state index in [1.807, 2.05) is 43.7 Å². The number of aromatic nitrogens is 1. The summed E-state index contributed by atoms with van der Waals surface area (Å²) in [6, 6.07) is 9.96. The molecule has 2 heterocycles. The summed E-state index contributed by atoms with van der Waals surface area (Å²) in [6.45, 7) is 3.79. The molecule has 6 nitrogen and oxygen atoms in total. The minimum Gasteiger partial charge on any atom is -0.348 e. The normalized spacial score (nSPS) is 16.7. The van der Waals surface area contributed by atoms with Crippen molar-refractivity contribution < 1.29 is 14.4 Å². The zero-order valence-corrected chi connectivity index (χ0v) is 13.7. The number of carbonyl (C=O) groups excluding carboxylic acids is 3. The third-order valence-electron chi connectivity index (χ3n) is 4.07. The molecule has 1 aliphatic heterocycles. The second kappa shape index (κ2) is 5.81. The standard InChI is InChI=1S/C18H17N3O3/c1-11-5-4-6-14(9-11)21-17(23)15(16(22)19-18(21)24)10-13-8-7-12(2)20(13)3/h4-10H,1-3H3,(H,19,22,24)/b15-10+. The lowest BCUT2D eigenvalue weighted by Gasteiger charge is -2.26. The maximum Gasteiger partial charge on any atom is 0.335 e. The van der Waals surface area contributed by atoms with Crippen LogP contribution in [-0.4, -0.2) is 22.4 Å². The Labute approximate surface area is 139 Å². The van der Waals surface area contributed by atoms with Crippen molar-refractivity contribution in [3.8, 4) is 0 Å². The Hall–Kier alpha value is -3.15. The monoisotopic (exact) mass is 323 g/mol. The van der Waals surface area contributed by atoms with Crippen molar-refractivity contribution in [2.45, 2.75) is 13.8 Å². The average Bonchev–Trinajstić information content (AvgIpc) is 2.83. The summed E-state index contributed by atoms with van der Waals surface area (Å²) >= 11 is 0. The molecule has 0 atom stereocenters. The number of imide groups is 2. The van der Waals surface area contributed by atoms with E-state index in [0.29, 0.717) is 11.4 Å². The molecule has 3 rings (SSSR count). The van der Waals surface area contributed by atoms with E-state index in [-0.39, 0.29) is 5.57 Å². The zero-order chi connectivity index (χ0) is 17.4. The number of carbonyl (C=O) groups is 3. The van der Waals surface area contributed by atoms with E-state index in [9.17, 15) is 14.4 Å². The molecule has 1 fully saturated rings. The van der Waals surface area contributed by atoms with Gasteiger partial charge in [-0.1, -0.05) is 12.1 Å². The van der Waals surface area contributed by atoms with Crippen LogP contribution in [0, 0.1) is 13.8 Å². The minimum atomic E-state index is -0.740. The molecule has 0 saturated carbocycles. The fourth-order valence-electron chi connectivity index (χ4n) is 2.59. The van der Waals surface area contributed by atoms with Gasteiger partial charge < -0.3 is 4.57 Å². The summed E-state index contributed by atoms with van der Waals surface area (Å²) in [6.07, 6.45) is 1.50. The molecule has 1 N–H and O–H groups in total. The van der Waals surface area contributed by atoms with Gasteiger partial charge in [0, 0.05) is 18.4 Å². The molecule has 2 aromatic rings. The molecule has 0 spiro atoms. The molecule has 0 bridgehead atoms.